The van der Waals surface area contributed by atoms with Gasteiger partial charge in [0, 0.05) is 31.4 Å². The zero-order chi connectivity index (χ0) is 23.2. The molecule has 176 valence electrons. The van der Waals surface area contributed by atoms with Gasteiger partial charge < -0.3 is 9.64 Å². The van der Waals surface area contributed by atoms with Gasteiger partial charge in [-0.15, -0.1) is 0 Å². The molecule has 0 bridgehead atoms. The second-order valence-electron chi connectivity index (χ2n) is 10.8. The Bertz CT molecular complexity index is 1000. The summed E-state index contributed by atoms with van der Waals surface area (Å²) in [5.74, 6) is 0.408. The normalized spacial score (nSPS) is 29.2. The number of nitrogens with one attached hydrogen (secondary N) is 1. The van der Waals surface area contributed by atoms with Crippen LogP contribution in [-0.2, 0) is 16.1 Å². The molecule has 0 aromatic heterocycles. The zero-order valence-corrected chi connectivity index (χ0v) is 19.6. The van der Waals surface area contributed by atoms with E-state index in [0.29, 0.717) is 29.9 Å². The number of piperidine rings is 2. The van der Waals surface area contributed by atoms with E-state index >= 15 is 0 Å². The number of fused-ring (bicyclic) bond motifs is 1. The highest BCUT2D eigenvalue weighted by atomic mass is 16.5. The molecular formula is C26H34N3O4+. The molecule has 1 aromatic carbocycles. The van der Waals surface area contributed by atoms with E-state index in [-0.39, 0.29) is 30.2 Å². The molecule has 1 saturated carbocycles. The van der Waals surface area contributed by atoms with Crippen LogP contribution in [-0.4, -0.2) is 58.6 Å². The number of nitrogens with zero attached hydrogens (tertiary/aromatic N) is 2. The predicted octanol–water partition coefficient (Wildman–Crippen LogP) is 2.90. The fraction of sp³-hybridized carbons (Fsp3) is 0.615. The summed E-state index contributed by atoms with van der Waals surface area (Å²) in [6.07, 6.45) is 9.01. The van der Waals surface area contributed by atoms with Crippen LogP contribution >= 0.6 is 0 Å². The van der Waals surface area contributed by atoms with Gasteiger partial charge in [-0.05, 0) is 54.9 Å². The van der Waals surface area contributed by atoms with Crippen molar-refractivity contribution in [3.63, 3.8) is 0 Å². The Balaban J connectivity index is 1.26. The van der Waals surface area contributed by atoms with Crippen LogP contribution < -0.4 is 10.1 Å². The quantitative estimate of drug-likeness (QED) is 0.563. The Hall–Kier alpha value is -2.70. The Morgan fingerprint density at radius 3 is 2.67 bits per heavy atom. The van der Waals surface area contributed by atoms with Crippen molar-refractivity contribution in [3.05, 3.63) is 29.3 Å². The third kappa shape index (κ3) is 4.55. The van der Waals surface area contributed by atoms with Crippen molar-refractivity contribution < 1.29 is 23.7 Å². The standard InChI is InChI=1S/C26H33N3O4/c1-26(2)10-12-28(13-11-26)15-17-4-3-5-22(17)33-19-6-7-20-18(14-19)16-29(25(20)32)21-8-9-23(30)27-24(21)31/h6-7,14-15,17,21-22H,3-5,8-13,16H2,1-2H3/p+1/t17?,21?,22-/m1/s1. The largest absolute Gasteiger partial charge is 0.490 e. The van der Waals surface area contributed by atoms with Crippen molar-refractivity contribution in [3.8, 4) is 5.75 Å². The first-order valence-electron chi connectivity index (χ1n) is 12.3. The first kappa shape index (κ1) is 22.1. The lowest BCUT2D eigenvalue weighted by Crippen LogP contribution is -2.52. The van der Waals surface area contributed by atoms with Crippen LogP contribution in [0.25, 0.3) is 0 Å². The molecule has 2 saturated heterocycles. The van der Waals surface area contributed by atoms with Gasteiger partial charge >= 0.3 is 0 Å². The molecule has 5 rings (SSSR count). The maximum atomic E-state index is 12.9. The monoisotopic (exact) mass is 452 g/mol. The van der Waals surface area contributed by atoms with Crippen LogP contribution in [0, 0.1) is 11.3 Å². The van der Waals surface area contributed by atoms with Gasteiger partial charge in [0.1, 0.15) is 37.2 Å². The molecule has 0 radical (unpaired) electrons. The number of amides is 3. The molecule has 3 heterocycles. The van der Waals surface area contributed by atoms with Crippen LogP contribution in [0.2, 0.25) is 0 Å². The summed E-state index contributed by atoms with van der Waals surface area (Å²) in [4.78, 5) is 38.2. The fourth-order valence-corrected chi connectivity index (χ4v) is 5.62. The Kier molecular flexibility index (Phi) is 5.75. The van der Waals surface area contributed by atoms with Gasteiger partial charge in [0.2, 0.25) is 11.8 Å². The number of rotatable bonds is 4. The fourth-order valence-electron chi connectivity index (χ4n) is 5.62. The third-order valence-electron chi connectivity index (χ3n) is 7.84. The highest BCUT2D eigenvalue weighted by molar-refractivity contribution is 6.05. The molecule has 7 nitrogen and oxygen atoms in total. The number of benzene rings is 1. The van der Waals surface area contributed by atoms with Crippen molar-refractivity contribution in [2.45, 2.75) is 77.5 Å². The van der Waals surface area contributed by atoms with E-state index in [1.54, 1.807) is 4.90 Å². The predicted molar refractivity (Wildman–Crippen MR) is 123 cm³/mol. The second kappa shape index (κ2) is 8.58. The van der Waals surface area contributed by atoms with Gasteiger partial charge in [0.15, 0.2) is 0 Å². The first-order chi connectivity index (χ1) is 15.8. The molecule has 4 aliphatic rings. The van der Waals surface area contributed by atoms with E-state index < -0.39 is 6.04 Å². The molecule has 3 aliphatic heterocycles. The van der Waals surface area contributed by atoms with Crippen LogP contribution in [0.1, 0.15) is 74.7 Å². The third-order valence-corrected chi connectivity index (χ3v) is 7.84. The van der Waals surface area contributed by atoms with E-state index in [2.05, 4.69) is 30.0 Å². The smallest absolute Gasteiger partial charge is 0.255 e. The summed E-state index contributed by atoms with van der Waals surface area (Å²) in [5, 5.41) is 2.35. The molecular weight excluding hydrogens is 418 g/mol. The maximum absolute atomic E-state index is 12.9. The van der Waals surface area contributed by atoms with Crippen molar-refractivity contribution in [1.29, 1.82) is 0 Å². The lowest BCUT2D eigenvalue weighted by atomic mass is 9.83. The van der Waals surface area contributed by atoms with Crippen molar-refractivity contribution in [2.75, 3.05) is 13.1 Å². The summed E-state index contributed by atoms with van der Waals surface area (Å²) in [6.45, 7) is 7.32. The highest BCUT2D eigenvalue weighted by Gasteiger charge is 2.39. The van der Waals surface area contributed by atoms with Crippen molar-refractivity contribution in [1.82, 2.24) is 10.2 Å². The minimum absolute atomic E-state index is 0.147. The zero-order valence-electron chi connectivity index (χ0n) is 19.6. The molecule has 3 amide bonds. The number of carbonyl (C=O) groups excluding carboxylic acids is 3. The van der Waals surface area contributed by atoms with Crippen molar-refractivity contribution >= 4 is 23.9 Å². The van der Waals surface area contributed by atoms with Crippen LogP contribution in [0.15, 0.2) is 18.2 Å². The lowest BCUT2D eigenvalue weighted by molar-refractivity contribution is -0.542. The number of hydrogen-bond donors (Lipinski definition) is 1. The highest BCUT2D eigenvalue weighted by Crippen LogP contribution is 2.34. The van der Waals surface area contributed by atoms with E-state index in [4.69, 9.17) is 4.74 Å². The summed E-state index contributed by atoms with van der Waals surface area (Å²) in [5.41, 5.74) is 1.95. The molecule has 33 heavy (non-hydrogen) atoms. The average Bonchev–Trinajstić information content (AvgIpc) is 3.33. The Morgan fingerprint density at radius 2 is 1.91 bits per heavy atom. The summed E-state index contributed by atoms with van der Waals surface area (Å²) >= 11 is 0. The number of hydrogen-bond acceptors (Lipinski definition) is 4. The van der Waals surface area contributed by atoms with E-state index in [1.807, 2.05) is 18.2 Å². The van der Waals surface area contributed by atoms with Gasteiger partial charge in [0.05, 0.1) is 5.92 Å². The molecule has 3 atom stereocenters. The molecule has 2 unspecified atom stereocenters. The second-order valence-corrected chi connectivity index (χ2v) is 10.8. The van der Waals surface area contributed by atoms with Gasteiger partial charge in [-0.1, -0.05) is 13.8 Å². The lowest BCUT2D eigenvalue weighted by Gasteiger charge is -2.29. The Labute approximate surface area is 195 Å². The molecule has 1 N–H and O–H groups in total. The molecule has 3 fully saturated rings. The van der Waals surface area contributed by atoms with Crippen LogP contribution in [0.3, 0.4) is 0 Å². The Morgan fingerprint density at radius 1 is 1.12 bits per heavy atom. The van der Waals surface area contributed by atoms with Gasteiger partial charge in [-0.25, -0.2) is 4.58 Å². The van der Waals surface area contributed by atoms with Crippen LogP contribution in [0.4, 0.5) is 0 Å². The van der Waals surface area contributed by atoms with Gasteiger partial charge in [-0.2, -0.15) is 0 Å². The molecule has 0 spiro atoms. The average molecular weight is 453 g/mol. The number of carbonyl (C=O) groups is 3. The maximum Gasteiger partial charge on any atom is 0.255 e. The summed E-state index contributed by atoms with van der Waals surface area (Å²) < 4.78 is 8.92. The van der Waals surface area contributed by atoms with E-state index in [0.717, 1.165) is 43.7 Å². The first-order valence-corrected chi connectivity index (χ1v) is 12.3. The summed E-state index contributed by atoms with van der Waals surface area (Å²) in [6, 6.07) is 5.07. The number of ether oxygens (including phenoxy) is 1. The van der Waals surface area contributed by atoms with Crippen LogP contribution in [0.5, 0.6) is 5.75 Å². The SMILES string of the molecule is CC1(C)CC[N+](=CC2CCC[C@H]2Oc2ccc3c(c2)CN(C2CCC(=O)NC2=O)C3=O)CC1. The minimum atomic E-state index is -0.588. The topological polar surface area (TPSA) is 78.7 Å². The van der Waals surface area contributed by atoms with Gasteiger partial charge in [0.25, 0.3) is 5.91 Å². The summed E-state index contributed by atoms with van der Waals surface area (Å²) in [7, 11) is 0. The van der Waals surface area contributed by atoms with E-state index in [9.17, 15) is 14.4 Å². The van der Waals surface area contributed by atoms with E-state index in [1.165, 1.54) is 12.8 Å². The molecule has 1 aromatic rings. The molecule has 7 heteroatoms. The number of imide groups is 1. The van der Waals surface area contributed by atoms with Crippen molar-refractivity contribution in [2.24, 2.45) is 11.3 Å². The minimum Gasteiger partial charge on any atom is -0.490 e. The molecule has 1 aliphatic carbocycles. The van der Waals surface area contributed by atoms with Gasteiger partial charge in [-0.3, -0.25) is 19.7 Å².